The van der Waals surface area contributed by atoms with Crippen LogP contribution in [0.25, 0.3) is 21.9 Å². The van der Waals surface area contributed by atoms with Crippen molar-refractivity contribution in [1.29, 1.82) is 0 Å². The molecule has 32 heavy (non-hydrogen) atoms. The maximum absolute atomic E-state index is 12.6. The predicted molar refractivity (Wildman–Crippen MR) is 128 cm³/mol. The van der Waals surface area contributed by atoms with Gasteiger partial charge in [0, 0.05) is 45.4 Å². The Bertz CT molecular complexity index is 1400. The van der Waals surface area contributed by atoms with Crippen molar-refractivity contribution in [3.05, 3.63) is 78.8 Å². The number of fused-ring (bicyclic) bond motifs is 2. The maximum Gasteiger partial charge on any atom is 0.339 e. The summed E-state index contributed by atoms with van der Waals surface area (Å²) in [6.07, 6.45) is 1.09. The summed E-state index contributed by atoms with van der Waals surface area (Å²) in [5.41, 5.74) is 4.09. The van der Waals surface area contributed by atoms with Crippen LogP contribution in [0.2, 0.25) is 10.0 Å². The minimum Gasteiger partial charge on any atom is -0.461 e. The summed E-state index contributed by atoms with van der Waals surface area (Å²) in [5.74, 6) is 0.706. The summed E-state index contributed by atoms with van der Waals surface area (Å²) >= 11 is 12.1. The fourth-order valence-electron chi connectivity index (χ4n) is 3.90. The first-order valence-corrected chi connectivity index (χ1v) is 11.2. The summed E-state index contributed by atoms with van der Waals surface area (Å²) in [6.45, 7) is 6.25. The molecule has 4 aromatic rings. The van der Waals surface area contributed by atoms with Crippen LogP contribution >= 0.6 is 23.2 Å². The molecule has 0 atom stereocenters. The minimum absolute atomic E-state index is 0.134. The molecule has 0 aliphatic carbocycles. The van der Waals surface area contributed by atoms with E-state index < -0.39 is 5.63 Å². The van der Waals surface area contributed by atoms with Crippen LogP contribution in [0.5, 0.6) is 0 Å². The first-order valence-electron chi connectivity index (χ1n) is 10.4. The highest BCUT2D eigenvalue weighted by atomic mass is 35.5. The molecule has 2 aromatic heterocycles. The average molecular weight is 472 g/mol. The molecule has 0 fully saturated rings. The molecule has 0 spiro atoms. The number of rotatable bonds is 6. The van der Waals surface area contributed by atoms with E-state index in [0.29, 0.717) is 46.2 Å². The van der Waals surface area contributed by atoms with Crippen LogP contribution in [-0.4, -0.2) is 12.5 Å². The van der Waals surface area contributed by atoms with Gasteiger partial charge in [-0.1, -0.05) is 29.3 Å². The summed E-state index contributed by atoms with van der Waals surface area (Å²) in [4.78, 5) is 24.9. The molecule has 2 heterocycles. The molecule has 0 saturated heterocycles. The Labute approximate surface area is 195 Å². The third-order valence-electron chi connectivity index (χ3n) is 5.92. The van der Waals surface area contributed by atoms with E-state index in [2.05, 4.69) is 5.32 Å². The molecule has 2 aromatic carbocycles. The Kier molecular flexibility index (Phi) is 6.31. The van der Waals surface area contributed by atoms with Crippen molar-refractivity contribution >= 4 is 51.0 Å². The van der Waals surface area contributed by atoms with Crippen molar-refractivity contribution in [3.8, 4) is 0 Å². The lowest BCUT2D eigenvalue weighted by Gasteiger charge is -2.09. The van der Waals surface area contributed by atoms with Crippen LogP contribution in [0.4, 0.5) is 0 Å². The van der Waals surface area contributed by atoms with E-state index in [0.717, 1.165) is 33.2 Å². The Hall–Kier alpha value is -2.76. The standard InChI is InChI=1S/C25H23Cl2NO4/c1-13-15(3)31-22-12-23-20(11-19(13)22)14(2)18(25(30)32-23)6-7-24(29)28-9-8-16-4-5-17(26)10-21(16)27/h4-5,10-12H,6-9H2,1-3H3,(H,28,29). The van der Waals surface area contributed by atoms with E-state index in [-0.39, 0.29) is 12.3 Å². The van der Waals surface area contributed by atoms with Crippen LogP contribution in [0, 0.1) is 20.8 Å². The van der Waals surface area contributed by atoms with E-state index in [9.17, 15) is 9.59 Å². The zero-order valence-electron chi connectivity index (χ0n) is 18.1. The Morgan fingerprint density at radius 3 is 2.41 bits per heavy atom. The van der Waals surface area contributed by atoms with Gasteiger partial charge in [-0.05, 0) is 68.5 Å². The molecule has 0 aliphatic rings. The number of hydrogen-bond acceptors (Lipinski definition) is 4. The zero-order chi connectivity index (χ0) is 23.0. The van der Waals surface area contributed by atoms with Crippen molar-refractivity contribution in [2.24, 2.45) is 0 Å². The highest BCUT2D eigenvalue weighted by Gasteiger charge is 2.16. The first kappa shape index (κ1) is 22.4. The largest absolute Gasteiger partial charge is 0.461 e. The second kappa shape index (κ2) is 9.00. The second-order valence-corrected chi connectivity index (χ2v) is 8.80. The smallest absolute Gasteiger partial charge is 0.339 e. The molecule has 1 amide bonds. The van der Waals surface area contributed by atoms with Crippen molar-refractivity contribution in [1.82, 2.24) is 5.32 Å². The number of hydrogen-bond donors (Lipinski definition) is 1. The summed E-state index contributed by atoms with van der Waals surface area (Å²) in [7, 11) is 0. The molecular weight excluding hydrogens is 449 g/mol. The lowest BCUT2D eigenvalue weighted by molar-refractivity contribution is -0.121. The fourth-order valence-corrected chi connectivity index (χ4v) is 4.40. The van der Waals surface area contributed by atoms with Gasteiger partial charge < -0.3 is 14.2 Å². The van der Waals surface area contributed by atoms with Crippen LogP contribution in [0.1, 0.15) is 34.4 Å². The van der Waals surface area contributed by atoms with Crippen LogP contribution < -0.4 is 10.9 Å². The Morgan fingerprint density at radius 2 is 1.66 bits per heavy atom. The molecule has 7 heteroatoms. The molecule has 0 saturated carbocycles. The van der Waals surface area contributed by atoms with Crippen LogP contribution in [0.3, 0.4) is 0 Å². The van der Waals surface area contributed by atoms with E-state index in [1.165, 1.54) is 0 Å². The van der Waals surface area contributed by atoms with E-state index >= 15 is 0 Å². The van der Waals surface area contributed by atoms with Gasteiger partial charge in [-0.2, -0.15) is 0 Å². The van der Waals surface area contributed by atoms with Crippen molar-refractivity contribution in [3.63, 3.8) is 0 Å². The number of nitrogens with one attached hydrogen (secondary N) is 1. The molecule has 4 rings (SSSR count). The fraction of sp³-hybridized carbons (Fsp3) is 0.280. The number of amides is 1. The number of carbonyl (C=O) groups is 1. The molecule has 0 radical (unpaired) electrons. The third-order valence-corrected chi connectivity index (χ3v) is 6.50. The highest BCUT2D eigenvalue weighted by Crippen LogP contribution is 2.31. The number of halogens is 2. The van der Waals surface area contributed by atoms with Crippen molar-refractivity contribution in [2.45, 2.75) is 40.0 Å². The summed E-state index contributed by atoms with van der Waals surface area (Å²) in [6, 6.07) is 9.06. The lowest BCUT2D eigenvalue weighted by atomic mass is 10.0. The van der Waals surface area contributed by atoms with Gasteiger partial charge in [0.15, 0.2) is 0 Å². The third kappa shape index (κ3) is 4.41. The number of benzene rings is 2. The van der Waals surface area contributed by atoms with E-state index in [1.807, 2.05) is 32.9 Å². The topological polar surface area (TPSA) is 72.5 Å². The van der Waals surface area contributed by atoms with E-state index in [1.54, 1.807) is 18.2 Å². The van der Waals surface area contributed by atoms with Gasteiger partial charge in [0.1, 0.15) is 16.9 Å². The quantitative estimate of drug-likeness (QED) is 0.346. The van der Waals surface area contributed by atoms with E-state index in [4.69, 9.17) is 32.0 Å². The summed E-state index contributed by atoms with van der Waals surface area (Å²) in [5, 5.41) is 5.88. The molecule has 166 valence electrons. The maximum atomic E-state index is 12.6. The molecule has 0 aliphatic heterocycles. The van der Waals surface area contributed by atoms with Gasteiger partial charge >= 0.3 is 5.63 Å². The van der Waals surface area contributed by atoms with Gasteiger partial charge in [0.2, 0.25) is 5.91 Å². The van der Waals surface area contributed by atoms with Gasteiger partial charge in [-0.15, -0.1) is 0 Å². The van der Waals surface area contributed by atoms with Crippen molar-refractivity contribution < 1.29 is 13.6 Å². The van der Waals surface area contributed by atoms with Gasteiger partial charge in [0.05, 0.1) is 0 Å². The molecular formula is C25H23Cl2NO4. The normalized spacial score (nSPS) is 11.4. The Balaban J connectivity index is 1.46. The monoisotopic (exact) mass is 471 g/mol. The van der Waals surface area contributed by atoms with Gasteiger partial charge in [0.25, 0.3) is 0 Å². The number of furan rings is 1. The second-order valence-electron chi connectivity index (χ2n) is 7.96. The highest BCUT2D eigenvalue weighted by molar-refractivity contribution is 6.35. The van der Waals surface area contributed by atoms with Crippen molar-refractivity contribution in [2.75, 3.05) is 6.54 Å². The average Bonchev–Trinajstić information content (AvgIpc) is 3.01. The van der Waals surface area contributed by atoms with Gasteiger partial charge in [-0.25, -0.2) is 4.79 Å². The van der Waals surface area contributed by atoms with Crippen LogP contribution in [-0.2, 0) is 17.6 Å². The number of carbonyl (C=O) groups excluding carboxylic acids is 1. The Morgan fingerprint density at radius 1 is 0.938 bits per heavy atom. The SMILES string of the molecule is Cc1oc2cc3oc(=O)c(CCC(=O)NCCc4ccc(Cl)cc4Cl)c(C)c3cc2c1C. The lowest BCUT2D eigenvalue weighted by Crippen LogP contribution is -2.26. The molecule has 0 unspecified atom stereocenters. The van der Waals surface area contributed by atoms with Crippen LogP contribution in [0.15, 0.2) is 44.0 Å². The number of aryl methyl sites for hydroxylation is 3. The molecule has 0 bridgehead atoms. The van der Waals surface area contributed by atoms with Gasteiger partial charge in [-0.3, -0.25) is 4.79 Å². The predicted octanol–water partition coefficient (Wildman–Crippen LogP) is 6.06. The first-order chi connectivity index (χ1) is 15.2. The minimum atomic E-state index is -0.421. The molecule has 5 nitrogen and oxygen atoms in total. The molecule has 1 N–H and O–H groups in total. The zero-order valence-corrected chi connectivity index (χ0v) is 19.6. The summed E-state index contributed by atoms with van der Waals surface area (Å²) < 4.78 is 11.3.